The van der Waals surface area contributed by atoms with E-state index in [1.165, 1.54) is 6.08 Å². The number of halogens is 2. The highest BCUT2D eigenvalue weighted by atomic mass is 35.5. The van der Waals surface area contributed by atoms with Gasteiger partial charge in [-0.3, -0.25) is 14.4 Å². The summed E-state index contributed by atoms with van der Waals surface area (Å²) < 4.78 is 16.8. The fourth-order valence-corrected chi connectivity index (χ4v) is 7.08. The van der Waals surface area contributed by atoms with E-state index in [-0.39, 0.29) is 30.4 Å². The maximum atomic E-state index is 16.8. The Kier molecular flexibility index (Phi) is 4.17. The zero-order chi connectivity index (χ0) is 20.7. The summed E-state index contributed by atoms with van der Waals surface area (Å²) in [7, 11) is 0. The van der Waals surface area contributed by atoms with Crippen LogP contribution < -0.4 is 0 Å². The van der Waals surface area contributed by atoms with Crippen LogP contribution in [0.3, 0.4) is 0 Å². The van der Waals surface area contributed by atoms with Crippen LogP contribution >= 0.6 is 11.6 Å². The minimum Gasteiger partial charge on any atom is -0.381 e. The molecule has 4 nitrogen and oxygen atoms in total. The molecule has 0 aromatic heterocycles. The first-order valence-electron chi connectivity index (χ1n) is 9.92. The summed E-state index contributed by atoms with van der Waals surface area (Å²) in [5.74, 6) is -2.89. The number of aliphatic hydroxyl groups is 1. The smallest absolute Gasteiger partial charge is 0.184 e. The highest BCUT2D eigenvalue weighted by Gasteiger charge is 2.75. The second-order valence-corrected chi connectivity index (χ2v) is 9.81. The van der Waals surface area contributed by atoms with Gasteiger partial charge in [-0.15, -0.1) is 11.6 Å². The predicted octanol–water partition coefficient (Wildman–Crippen LogP) is 3.35. The Labute approximate surface area is 169 Å². The molecule has 2 saturated carbocycles. The first kappa shape index (κ1) is 20.0. The van der Waals surface area contributed by atoms with E-state index in [4.69, 9.17) is 11.6 Å². The summed E-state index contributed by atoms with van der Waals surface area (Å²) in [4.78, 5) is 37.9. The Morgan fingerprint density at radius 3 is 2.64 bits per heavy atom. The molecule has 6 heteroatoms. The molecule has 0 bridgehead atoms. The quantitative estimate of drug-likeness (QED) is 0.561. The third-order valence-electron chi connectivity index (χ3n) is 8.49. The molecule has 0 aromatic carbocycles. The summed E-state index contributed by atoms with van der Waals surface area (Å²) in [6.45, 7) is 5.22. The Morgan fingerprint density at radius 2 is 2.00 bits per heavy atom. The molecule has 28 heavy (non-hydrogen) atoms. The maximum Gasteiger partial charge on any atom is 0.184 e. The van der Waals surface area contributed by atoms with Gasteiger partial charge in [0.1, 0.15) is 5.60 Å². The number of hydrogen-bond donors (Lipinski definition) is 1. The third-order valence-corrected chi connectivity index (χ3v) is 8.74. The molecule has 0 unspecified atom stereocenters. The molecular weight excluding hydrogens is 383 g/mol. The van der Waals surface area contributed by atoms with Gasteiger partial charge in [0.25, 0.3) is 0 Å². The molecule has 152 valence electrons. The molecular formula is C22H26ClFO4. The zero-order valence-corrected chi connectivity index (χ0v) is 17.2. The van der Waals surface area contributed by atoms with Crippen molar-refractivity contribution in [1.29, 1.82) is 0 Å². The Balaban J connectivity index is 1.86. The van der Waals surface area contributed by atoms with Gasteiger partial charge in [-0.25, -0.2) is 4.39 Å². The van der Waals surface area contributed by atoms with Crippen LogP contribution in [0.15, 0.2) is 23.8 Å². The van der Waals surface area contributed by atoms with E-state index in [1.54, 1.807) is 26.8 Å². The first-order chi connectivity index (χ1) is 13.0. The highest BCUT2D eigenvalue weighted by molar-refractivity contribution is 6.29. The molecule has 7 atom stereocenters. The van der Waals surface area contributed by atoms with Crippen molar-refractivity contribution in [3.63, 3.8) is 0 Å². The second kappa shape index (κ2) is 5.85. The van der Waals surface area contributed by atoms with E-state index in [1.807, 2.05) is 6.08 Å². The summed E-state index contributed by atoms with van der Waals surface area (Å²) in [5, 5.41) is 11.4. The molecule has 4 rings (SSSR count). The molecule has 0 radical (unpaired) electrons. The monoisotopic (exact) mass is 408 g/mol. The molecule has 0 amide bonds. The van der Waals surface area contributed by atoms with Gasteiger partial charge in [-0.05, 0) is 37.7 Å². The minimum absolute atomic E-state index is 0.0876. The van der Waals surface area contributed by atoms with Gasteiger partial charge in [0, 0.05) is 29.6 Å². The molecule has 2 fully saturated rings. The van der Waals surface area contributed by atoms with Crippen molar-refractivity contribution >= 4 is 29.0 Å². The van der Waals surface area contributed by atoms with Gasteiger partial charge >= 0.3 is 0 Å². The van der Waals surface area contributed by atoms with E-state index >= 15 is 4.39 Å². The SMILES string of the molecule is C[C@H]1C[C@H]2[C@@H]3CC=C4CC(=O)C=C[C@]4(C)[C@@]3(F)C(=O)C[C@]2(C)[C@@]1(O)C(=O)CCl. The molecule has 0 heterocycles. The average Bonchev–Trinajstić information content (AvgIpc) is 2.84. The molecule has 0 saturated heterocycles. The Bertz CT molecular complexity index is 849. The molecule has 0 aliphatic heterocycles. The van der Waals surface area contributed by atoms with Crippen LogP contribution in [-0.2, 0) is 14.4 Å². The second-order valence-electron chi connectivity index (χ2n) is 9.55. The van der Waals surface area contributed by atoms with Gasteiger partial charge in [0.15, 0.2) is 23.0 Å². The van der Waals surface area contributed by atoms with Gasteiger partial charge < -0.3 is 5.11 Å². The number of ketones is 3. The number of carbonyl (C=O) groups excluding carboxylic acids is 3. The van der Waals surface area contributed by atoms with Crippen LogP contribution in [0.4, 0.5) is 4.39 Å². The van der Waals surface area contributed by atoms with Gasteiger partial charge in [0.2, 0.25) is 0 Å². The number of carbonyl (C=O) groups is 3. The largest absolute Gasteiger partial charge is 0.381 e. The lowest BCUT2D eigenvalue weighted by molar-refractivity contribution is -0.182. The highest BCUT2D eigenvalue weighted by Crippen LogP contribution is 2.69. The zero-order valence-electron chi connectivity index (χ0n) is 16.4. The van der Waals surface area contributed by atoms with Crippen LogP contribution in [0, 0.1) is 28.6 Å². The van der Waals surface area contributed by atoms with Crippen molar-refractivity contribution in [3.05, 3.63) is 23.8 Å². The Hall–Kier alpha value is -1.33. The first-order valence-corrected chi connectivity index (χ1v) is 10.5. The van der Waals surface area contributed by atoms with E-state index in [2.05, 4.69) is 0 Å². The maximum absolute atomic E-state index is 16.8. The van der Waals surface area contributed by atoms with E-state index in [0.29, 0.717) is 18.4 Å². The van der Waals surface area contributed by atoms with Crippen molar-refractivity contribution in [2.45, 2.75) is 57.7 Å². The van der Waals surface area contributed by atoms with Crippen molar-refractivity contribution in [3.8, 4) is 0 Å². The van der Waals surface area contributed by atoms with Crippen LogP contribution in [0.1, 0.15) is 46.5 Å². The molecule has 0 aromatic rings. The van der Waals surface area contributed by atoms with Crippen molar-refractivity contribution in [2.24, 2.45) is 28.6 Å². The van der Waals surface area contributed by atoms with E-state index < -0.39 is 45.5 Å². The topological polar surface area (TPSA) is 71.4 Å². The van der Waals surface area contributed by atoms with Gasteiger partial charge in [0.05, 0.1) is 5.88 Å². The van der Waals surface area contributed by atoms with Crippen LogP contribution in [-0.4, -0.2) is 39.6 Å². The van der Waals surface area contributed by atoms with Crippen molar-refractivity contribution in [2.75, 3.05) is 5.88 Å². The average molecular weight is 409 g/mol. The summed E-state index contributed by atoms with van der Waals surface area (Å²) in [6, 6.07) is 0. The van der Waals surface area contributed by atoms with Gasteiger partial charge in [-0.2, -0.15) is 0 Å². The third kappa shape index (κ3) is 2.02. The standard InChI is InChI=1S/C22H26ClFO4/c1-12-8-16-15-5-4-13-9-14(25)6-7-19(13,2)21(15,24)17(26)10-20(16,3)22(12,28)18(27)11-23/h4,6-7,12,15-16,28H,5,8-11H2,1-3H3/t12-,15-,16-,19-,20-,21-,22-/m0/s1. The van der Waals surface area contributed by atoms with E-state index in [0.717, 1.165) is 0 Å². The van der Waals surface area contributed by atoms with Crippen molar-refractivity contribution < 1.29 is 23.9 Å². The number of fused-ring (bicyclic) bond motifs is 5. The molecule has 0 spiro atoms. The number of allylic oxidation sites excluding steroid dienone is 4. The van der Waals surface area contributed by atoms with Crippen LogP contribution in [0.25, 0.3) is 0 Å². The number of alkyl halides is 2. The summed E-state index contributed by atoms with van der Waals surface area (Å²) in [6.07, 6.45) is 5.53. The van der Waals surface area contributed by atoms with Crippen LogP contribution in [0.5, 0.6) is 0 Å². The summed E-state index contributed by atoms with van der Waals surface area (Å²) >= 11 is 5.79. The van der Waals surface area contributed by atoms with Crippen molar-refractivity contribution in [1.82, 2.24) is 0 Å². The van der Waals surface area contributed by atoms with Crippen LogP contribution in [0.2, 0.25) is 0 Å². The molecule has 4 aliphatic carbocycles. The predicted molar refractivity (Wildman–Crippen MR) is 103 cm³/mol. The minimum atomic E-state index is -2.15. The lowest BCUT2D eigenvalue weighted by atomic mass is 9.46. The number of hydrogen-bond acceptors (Lipinski definition) is 4. The number of Topliss-reactive ketones (excluding diaryl/α,β-unsaturated/α-hetero) is 2. The van der Waals surface area contributed by atoms with Gasteiger partial charge in [-0.1, -0.05) is 31.6 Å². The number of rotatable bonds is 2. The molecule has 1 N–H and O–H groups in total. The fraction of sp³-hybridized carbons (Fsp3) is 0.682. The molecule has 4 aliphatic rings. The fourth-order valence-electron chi connectivity index (χ4n) is 6.88. The summed E-state index contributed by atoms with van der Waals surface area (Å²) in [5.41, 5.74) is -5.43. The lowest BCUT2D eigenvalue weighted by Gasteiger charge is -2.59. The lowest BCUT2D eigenvalue weighted by Crippen LogP contribution is -2.67. The Morgan fingerprint density at radius 1 is 1.32 bits per heavy atom. The van der Waals surface area contributed by atoms with E-state index in [9.17, 15) is 19.5 Å². The normalized spacial score (nSPS) is 49.9.